The molecule has 4 rings (SSSR count). The minimum atomic E-state index is -1.31. The normalized spacial score (nSPS) is 19.2. The van der Waals surface area contributed by atoms with E-state index in [-0.39, 0.29) is 110 Å². The van der Waals surface area contributed by atoms with E-state index in [4.69, 9.17) is 15.2 Å². The highest BCUT2D eigenvalue weighted by Crippen LogP contribution is 2.31. The number of ether oxygens (including phenoxy) is 2. The summed E-state index contributed by atoms with van der Waals surface area (Å²) in [4.78, 5) is 149. The van der Waals surface area contributed by atoms with Crippen LogP contribution in [0.15, 0.2) is 30.6 Å². The Morgan fingerprint density at radius 1 is 0.742 bits per heavy atom. The summed E-state index contributed by atoms with van der Waals surface area (Å²) in [6.07, 6.45) is 1.30. The first-order valence-corrected chi connectivity index (χ1v) is 34.5. The van der Waals surface area contributed by atoms with Crippen molar-refractivity contribution >= 4 is 64.8 Å². The lowest BCUT2D eigenvalue weighted by molar-refractivity contribution is -0.148. The van der Waals surface area contributed by atoms with Crippen molar-refractivity contribution in [1.82, 2.24) is 72.0 Å². The molecule has 0 radical (unpaired) electrons. The van der Waals surface area contributed by atoms with Crippen molar-refractivity contribution in [3.05, 3.63) is 42.0 Å². The maximum Gasteiger partial charge on any atom is 0.246 e. The summed E-state index contributed by atoms with van der Waals surface area (Å²) in [6.45, 7) is 23.5. The van der Waals surface area contributed by atoms with Crippen molar-refractivity contribution in [3.63, 3.8) is 0 Å². The standard InChI is InChI=1S/C68H116N16O13/c1-18-42(10)59(82(15)67(94)57(39(4)5)79-66(93)58(40(6)7)81(13)14)51(96-16)35-55(87)84-31-20-22-50(84)60(97-17)44(12)61(88)77-49(34-52-72-37-73-80-52)63(90)71-36-45-23-25-47(26-24-45)75-64(91)48(21-19-30-70-68(69)95)76-65(92)56(38(2)3)78-53(85)27-28-54(86)83-32-29-46(33-43(83)11)62(89)74-41(8)9/h23-26,37-44,46,48-51,56-60,68,70,95H,18-22,27-36,69H2,1-17H3,(H,71,90)(H,74,89)(H,75,91)(H,76,92)(H,77,88)(H,78,85)(H,79,93)(H,72,73,80)/t42-,43?,44+,46?,48-,49-,50-,51+,56-,57-,58-,59-,60+,68?/m0/s1. The fraction of sp³-hybridized carbons (Fsp3) is 0.735. The number of hydrogen-bond donors (Lipinski definition) is 11. The number of hydrogen-bond acceptors (Lipinski definition) is 18. The number of carbonyl (C=O) groups is 10. The van der Waals surface area contributed by atoms with Crippen molar-refractivity contribution < 1.29 is 62.5 Å². The highest BCUT2D eigenvalue weighted by atomic mass is 16.5. The summed E-state index contributed by atoms with van der Waals surface area (Å²) < 4.78 is 12.1. The van der Waals surface area contributed by atoms with Gasteiger partial charge in [0, 0.05) is 83.9 Å². The van der Waals surface area contributed by atoms with E-state index in [1.165, 1.54) is 20.5 Å². The number of anilines is 1. The Kier molecular flexibility index (Phi) is 33.9. The van der Waals surface area contributed by atoms with Crippen LogP contribution in [0, 0.1) is 35.5 Å². The number of aliphatic hydroxyl groups is 1. The number of amides is 10. The van der Waals surface area contributed by atoms with Gasteiger partial charge in [0.15, 0.2) is 6.35 Å². The zero-order valence-corrected chi connectivity index (χ0v) is 60.5. The topological polar surface area (TPSA) is 386 Å². The molecule has 1 aromatic carbocycles. The zero-order chi connectivity index (χ0) is 72.5. The summed E-state index contributed by atoms with van der Waals surface area (Å²) >= 11 is 0. The van der Waals surface area contributed by atoms with E-state index in [2.05, 4.69) is 57.7 Å². The number of aromatic amines is 1. The van der Waals surface area contributed by atoms with Crippen LogP contribution in [-0.2, 0) is 70.4 Å². The highest BCUT2D eigenvalue weighted by molar-refractivity contribution is 5.99. The molecule has 12 N–H and O–H groups in total. The summed E-state index contributed by atoms with van der Waals surface area (Å²) in [5.74, 6) is -5.36. The van der Waals surface area contributed by atoms with Crippen LogP contribution in [0.4, 0.5) is 5.69 Å². The highest BCUT2D eigenvalue weighted by Gasteiger charge is 2.44. The van der Waals surface area contributed by atoms with Crippen molar-refractivity contribution in [3.8, 4) is 0 Å². The molecule has 2 fully saturated rings. The molecule has 10 amide bonds. The third-order valence-electron chi connectivity index (χ3n) is 18.6. The second-order valence-corrected chi connectivity index (χ2v) is 27.8. The predicted molar refractivity (Wildman–Crippen MR) is 367 cm³/mol. The number of likely N-dealkylation sites (N-methyl/N-ethyl adjacent to an activating group) is 2. The number of carbonyl (C=O) groups excluding carboxylic acids is 10. The molecule has 0 spiro atoms. The molecule has 0 aliphatic carbocycles. The summed E-state index contributed by atoms with van der Waals surface area (Å²) in [7, 11) is 8.35. The average molecular weight is 1370 g/mol. The number of benzene rings is 1. The summed E-state index contributed by atoms with van der Waals surface area (Å²) in [6, 6.07) is 0.710. The van der Waals surface area contributed by atoms with E-state index in [1.807, 2.05) is 81.3 Å². The van der Waals surface area contributed by atoms with Crippen molar-refractivity contribution in [2.24, 2.45) is 41.2 Å². The third kappa shape index (κ3) is 24.9. The molecular weight excluding hydrogens is 1250 g/mol. The van der Waals surface area contributed by atoms with Crippen LogP contribution in [0.1, 0.15) is 159 Å². The molecule has 546 valence electrons. The second-order valence-electron chi connectivity index (χ2n) is 27.8. The Balaban J connectivity index is 1.41. The maximum absolute atomic E-state index is 14.6. The van der Waals surface area contributed by atoms with Crippen LogP contribution in [0.3, 0.4) is 0 Å². The number of nitrogens with two attached hydrogens (primary N) is 1. The van der Waals surface area contributed by atoms with E-state index in [0.717, 1.165) is 0 Å². The number of methoxy groups -OCH3 is 2. The van der Waals surface area contributed by atoms with Gasteiger partial charge >= 0.3 is 0 Å². The number of nitrogens with one attached hydrogen (secondary N) is 9. The third-order valence-corrected chi connectivity index (χ3v) is 18.6. The van der Waals surface area contributed by atoms with Gasteiger partial charge in [-0.3, -0.25) is 69.0 Å². The smallest absolute Gasteiger partial charge is 0.246 e. The Labute approximate surface area is 573 Å². The van der Waals surface area contributed by atoms with Crippen LogP contribution in [0.5, 0.6) is 0 Å². The first-order valence-electron chi connectivity index (χ1n) is 34.5. The number of aromatic nitrogens is 3. The second kappa shape index (κ2) is 40.0. The molecule has 0 bridgehead atoms. The molecule has 2 aliphatic rings. The molecular formula is C68H116N16O13. The average Bonchev–Trinajstić information content (AvgIpc) is 1.80. The summed E-state index contributed by atoms with van der Waals surface area (Å²) in [5, 5.41) is 39.1. The molecule has 2 aliphatic heterocycles. The fourth-order valence-electron chi connectivity index (χ4n) is 13.1. The van der Waals surface area contributed by atoms with Gasteiger partial charge in [-0.05, 0) is 121 Å². The zero-order valence-electron chi connectivity index (χ0n) is 60.5. The number of nitrogens with zero attached hydrogens (tertiary/aromatic N) is 6. The van der Waals surface area contributed by atoms with E-state index >= 15 is 0 Å². The van der Waals surface area contributed by atoms with Gasteiger partial charge in [-0.25, -0.2) is 4.98 Å². The molecule has 2 aromatic rings. The SMILES string of the molecule is CC[C@H](C)[C@@H]([C@@H](CC(=O)N1CCC[C@H]1[C@H](OC)[C@@H](C)C(=O)N[C@@H](Cc1ncn[nH]1)C(=O)NCc1ccc(NC(=O)[C@H](CCCNC(N)O)NC(=O)[C@@H](NC(=O)CCC(=O)N2CCC(C(=O)NC(C)C)CC2C)C(C)C)cc1)OC)N(C)C(=O)[C@@H](NC(=O)[C@H](C(C)C)N(C)C)C(C)C. The molecule has 3 unspecified atom stereocenters. The van der Waals surface area contributed by atoms with Crippen LogP contribution in [0.2, 0.25) is 0 Å². The van der Waals surface area contributed by atoms with Gasteiger partial charge in [-0.1, -0.05) is 80.9 Å². The first kappa shape index (κ1) is 82.2. The van der Waals surface area contributed by atoms with Crippen LogP contribution in [-0.4, -0.2) is 227 Å². The Bertz CT molecular complexity index is 2850. The van der Waals surface area contributed by atoms with Crippen LogP contribution >= 0.6 is 0 Å². The van der Waals surface area contributed by atoms with Crippen molar-refractivity contribution in [1.29, 1.82) is 0 Å². The number of rotatable bonds is 39. The molecule has 3 heterocycles. The molecule has 0 saturated carbocycles. The van der Waals surface area contributed by atoms with Gasteiger partial charge in [0.25, 0.3) is 0 Å². The predicted octanol–water partition coefficient (Wildman–Crippen LogP) is 1.90. The van der Waals surface area contributed by atoms with Crippen molar-refractivity contribution in [2.75, 3.05) is 60.3 Å². The lowest BCUT2D eigenvalue weighted by Gasteiger charge is -2.41. The van der Waals surface area contributed by atoms with Crippen molar-refractivity contribution in [2.45, 2.75) is 233 Å². The maximum atomic E-state index is 14.6. The Hall–Kier alpha value is -7.18. The van der Waals surface area contributed by atoms with E-state index in [0.29, 0.717) is 68.7 Å². The number of aliphatic hydroxyl groups excluding tert-OH is 1. The van der Waals surface area contributed by atoms with Crippen LogP contribution < -0.4 is 48.3 Å². The molecule has 2 saturated heterocycles. The monoisotopic (exact) mass is 1360 g/mol. The van der Waals surface area contributed by atoms with Gasteiger partial charge < -0.3 is 66.5 Å². The van der Waals surface area contributed by atoms with E-state index in [9.17, 15) is 53.1 Å². The Morgan fingerprint density at radius 3 is 1.96 bits per heavy atom. The molecule has 29 heteroatoms. The van der Waals surface area contributed by atoms with E-state index < -0.39 is 102 Å². The summed E-state index contributed by atoms with van der Waals surface area (Å²) in [5.41, 5.74) is 6.45. The van der Waals surface area contributed by atoms with Gasteiger partial charge in [0.05, 0.1) is 42.7 Å². The molecule has 1 aromatic heterocycles. The largest absolute Gasteiger partial charge is 0.379 e. The van der Waals surface area contributed by atoms with Gasteiger partial charge in [0.1, 0.15) is 36.3 Å². The molecule has 14 atom stereocenters. The van der Waals surface area contributed by atoms with Gasteiger partial charge in [-0.15, -0.1) is 0 Å². The number of piperidine rings is 1. The lowest BCUT2D eigenvalue weighted by atomic mass is 9.89. The molecule has 29 nitrogen and oxygen atoms in total. The minimum absolute atomic E-state index is 0.00352. The van der Waals surface area contributed by atoms with E-state index in [1.54, 1.807) is 66.8 Å². The fourth-order valence-corrected chi connectivity index (χ4v) is 13.1. The van der Waals surface area contributed by atoms with Crippen LogP contribution in [0.25, 0.3) is 0 Å². The first-order chi connectivity index (χ1) is 45.7. The lowest BCUT2D eigenvalue weighted by Crippen LogP contribution is -2.59. The van der Waals surface area contributed by atoms with Gasteiger partial charge in [0.2, 0.25) is 59.1 Å². The molecule has 97 heavy (non-hydrogen) atoms. The number of likely N-dealkylation sites (tertiary alicyclic amines) is 2. The van der Waals surface area contributed by atoms with Gasteiger partial charge in [-0.2, -0.15) is 5.10 Å². The number of H-pyrrole nitrogens is 1. The quantitative estimate of drug-likeness (QED) is 0.0336. The Morgan fingerprint density at radius 2 is 1.40 bits per heavy atom. The minimum Gasteiger partial charge on any atom is -0.379 e.